The number of guanidine groups is 1. The molecule has 2 aromatic rings. The number of ether oxygens (including phenoxy) is 1. The third-order valence-electron chi connectivity index (χ3n) is 4.14. The number of carboxylic acid groups (broad SMARTS) is 2. The summed E-state index contributed by atoms with van der Waals surface area (Å²) < 4.78 is 65.4. The fraction of sp³-hybridized carbons (Fsp3) is 0.286. The number of aliphatic carboxylic acids is 2. The number of oxime groups is 1. The number of nitrogens with zero attached hydrogens (tertiary/aromatic N) is 1. The van der Waals surface area contributed by atoms with Gasteiger partial charge >= 0.3 is 18.1 Å². The van der Waals surface area contributed by atoms with Crippen LogP contribution >= 0.6 is 22.6 Å². The zero-order valence-electron chi connectivity index (χ0n) is 19.4. The Kier molecular flexibility index (Phi) is 13.1. The SMILES string of the molecule is NC(N)=NOCCCOc1ccc(C[C@H](NS(=O)(=O)c2ccc(I)cc2)C(=O)O)cc1.O=C(O)C(F)(F)F. The first-order valence-corrected chi connectivity index (χ1v) is 12.9. The molecule has 12 nitrogen and oxygen atoms in total. The monoisotopic (exact) mass is 676 g/mol. The lowest BCUT2D eigenvalue weighted by Crippen LogP contribution is -2.42. The fourth-order valence-electron chi connectivity index (χ4n) is 2.44. The van der Waals surface area contributed by atoms with Gasteiger partial charge in [0, 0.05) is 9.99 Å². The molecular weight excluding hydrogens is 652 g/mol. The second-order valence-corrected chi connectivity index (χ2v) is 10.1. The molecule has 0 radical (unpaired) electrons. The molecule has 17 heteroatoms. The minimum absolute atomic E-state index is 0.00623. The van der Waals surface area contributed by atoms with Crippen LogP contribution in [0.25, 0.3) is 0 Å². The van der Waals surface area contributed by atoms with E-state index in [1.165, 1.54) is 12.1 Å². The van der Waals surface area contributed by atoms with Crippen LogP contribution in [0, 0.1) is 3.57 Å². The number of carboxylic acids is 2. The van der Waals surface area contributed by atoms with Crippen LogP contribution in [0.1, 0.15) is 12.0 Å². The van der Waals surface area contributed by atoms with Gasteiger partial charge in [-0.05, 0) is 76.1 Å². The van der Waals surface area contributed by atoms with E-state index in [1.807, 2.05) is 0 Å². The first kappa shape index (κ1) is 32.7. The molecule has 0 aliphatic heterocycles. The second-order valence-electron chi connectivity index (χ2n) is 7.17. The van der Waals surface area contributed by atoms with Crippen molar-refractivity contribution in [1.82, 2.24) is 4.72 Å². The summed E-state index contributed by atoms with van der Waals surface area (Å²) in [5.41, 5.74) is 10.9. The van der Waals surface area contributed by atoms with Crippen LogP contribution < -0.4 is 20.9 Å². The van der Waals surface area contributed by atoms with Gasteiger partial charge < -0.3 is 31.3 Å². The molecule has 0 saturated carbocycles. The third-order valence-corrected chi connectivity index (χ3v) is 6.35. The van der Waals surface area contributed by atoms with E-state index < -0.39 is 34.2 Å². The van der Waals surface area contributed by atoms with Crippen molar-refractivity contribution in [3.05, 3.63) is 57.7 Å². The minimum atomic E-state index is -5.08. The van der Waals surface area contributed by atoms with Gasteiger partial charge in [0.1, 0.15) is 18.4 Å². The average Bonchev–Trinajstić information content (AvgIpc) is 2.81. The van der Waals surface area contributed by atoms with Crippen molar-refractivity contribution in [2.24, 2.45) is 16.6 Å². The number of carbonyl (C=O) groups is 2. The molecule has 0 spiro atoms. The Labute approximate surface area is 229 Å². The molecule has 0 amide bonds. The van der Waals surface area contributed by atoms with Gasteiger partial charge in [-0.2, -0.15) is 17.9 Å². The normalized spacial score (nSPS) is 11.9. The number of hydrogen-bond acceptors (Lipinski definition) is 7. The molecule has 0 fully saturated rings. The highest BCUT2D eigenvalue weighted by Crippen LogP contribution is 2.16. The van der Waals surface area contributed by atoms with Gasteiger partial charge in [-0.1, -0.05) is 12.1 Å². The van der Waals surface area contributed by atoms with E-state index in [0.717, 1.165) is 3.57 Å². The maximum absolute atomic E-state index is 12.5. The lowest BCUT2D eigenvalue weighted by atomic mass is 10.1. The Bertz CT molecular complexity index is 1190. The molecule has 7 N–H and O–H groups in total. The van der Waals surface area contributed by atoms with Crippen LogP contribution in [0.4, 0.5) is 13.2 Å². The molecule has 2 aromatic carbocycles. The Morgan fingerprint density at radius 1 is 1.03 bits per heavy atom. The predicted octanol–water partition coefficient (Wildman–Crippen LogP) is 1.87. The van der Waals surface area contributed by atoms with Gasteiger partial charge in [0.25, 0.3) is 0 Å². The lowest BCUT2D eigenvalue weighted by molar-refractivity contribution is -0.192. The smallest absolute Gasteiger partial charge is 0.490 e. The molecule has 0 unspecified atom stereocenters. The van der Waals surface area contributed by atoms with Crippen molar-refractivity contribution in [3.8, 4) is 5.75 Å². The summed E-state index contributed by atoms with van der Waals surface area (Å²) in [7, 11) is -3.97. The highest BCUT2D eigenvalue weighted by atomic mass is 127. The lowest BCUT2D eigenvalue weighted by Gasteiger charge is -2.15. The van der Waals surface area contributed by atoms with Gasteiger partial charge in [-0.15, -0.1) is 0 Å². The zero-order chi connectivity index (χ0) is 28.9. The van der Waals surface area contributed by atoms with Gasteiger partial charge in [0.15, 0.2) is 0 Å². The number of benzene rings is 2. The highest BCUT2D eigenvalue weighted by molar-refractivity contribution is 14.1. The van der Waals surface area contributed by atoms with E-state index in [9.17, 15) is 31.5 Å². The first-order chi connectivity index (χ1) is 17.6. The van der Waals surface area contributed by atoms with Gasteiger partial charge in [-0.25, -0.2) is 13.2 Å². The van der Waals surface area contributed by atoms with Crippen LogP contribution in [0.2, 0.25) is 0 Å². The number of halogens is 4. The summed E-state index contributed by atoms with van der Waals surface area (Å²) in [4.78, 5) is 25.4. The minimum Gasteiger partial charge on any atom is -0.493 e. The Morgan fingerprint density at radius 2 is 1.58 bits per heavy atom. The van der Waals surface area contributed by atoms with Crippen molar-refractivity contribution >= 4 is 50.5 Å². The van der Waals surface area contributed by atoms with Crippen LogP contribution in [0.5, 0.6) is 5.75 Å². The zero-order valence-corrected chi connectivity index (χ0v) is 22.4. The molecule has 0 heterocycles. The molecule has 0 aliphatic rings. The Balaban J connectivity index is 0.000000905. The quantitative estimate of drug-likeness (QED) is 0.0726. The number of rotatable bonds is 12. The molecule has 38 heavy (non-hydrogen) atoms. The van der Waals surface area contributed by atoms with Crippen LogP contribution in [0.15, 0.2) is 58.6 Å². The largest absolute Gasteiger partial charge is 0.493 e. The first-order valence-electron chi connectivity index (χ1n) is 10.3. The van der Waals surface area contributed by atoms with E-state index in [4.69, 9.17) is 30.9 Å². The van der Waals surface area contributed by atoms with Gasteiger partial charge in [0.2, 0.25) is 16.0 Å². The molecule has 210 valence electrons. The highest BCUT2D eigenvalue weighted by Gasteiger charge is 2.38. The number of alkyl halides is 3. The summed E-state index contributed by atoms with van der Waals surface area (Å²) in [6, 6.07) is 11.5. The molecule has 0 aromatic heterocycles. The Morgan fingerprint density at radius 3 is 2.05 bits per heavy atom. The molecule has 0 bridgehead atoms. The summed E-state index contributed by atoms with van der Waals surface area (Å²) in [6.45, 7) is 0.657. The topological polar surface area (TPSA) is 204 Å². The standard InChI is InChI=1S/C19H23IN4O6S.C2HF3O2/c20-14-4-8-16(9-5-14)31(27,28)24-17(18(25)26)12-13-2-6-15(7-3-13)29-10-1-11-30-23-19(21)22;3-2(4,5)1(6)7/h2-9,17,24H,1,10-12H2,(H,25,26)(H4,21,22,23);(H,6,7)/t17-;/m0./s1. The van der Waals surface area contributed by atoms with E-state index in [1.54, 1.807) is 36.4 Å². The molecule has 1 atom stereocenters. The van der Waals surface area contributed by atoms with Crippen LogP contribution in [-0.4, -0.2) is 62.0 Å². The van der Waals surface area contributed by atoms with Crippen molar-refractivity contribution in [2.75, 3.05) is 13.2 Å². The summed E-state index contributed by atoms with van der Waals surface area (Å²) in [6.07, 6.45) is -4.55. The molecule has 2 rings (SSSR count). The van der Waals surface area contributed by atoms with E-state index in [0.29, 0.717) is 24.3 Å². The predicted molar refractivity (Wildman–Crippen MR) is 137 cm³/mol. The maximum atomic E-state index is 12.5. The second kappa shape index (κ2) is 15.2. The van der Waals surface area contributed by atoms with Crippen molar-refractivity contribution in [2.45, 2.75) is 30.0 Å². The van der Waals surface area contributed by atoms with E-state index >= 15 is 0 Å². The molecule has 0 aliphatic carbocycles. The summed E-state index contributed by atoms with van der Waals surface area (Å²) in [5.74, 6) is -3.60. The van der Waals surface area contributed by atoms with Crippen molar-refractivity contribution < 1.29 is 51.0 Å². The number of nitrogens with one attached hydrogen (secondary N) is 1. The van der Waals surface area contributed by atoms with E-state index in [-0.39, 0.29) is 23.9 Å². The van der Waals surface area contributed by atoms with Gasteiger partial charge in [0.05, 0.1) is 11.5 Å². The van der Waals surface area contributed by atoms with E-state index in [2.05, 4.69) is 32.5 Å². The number of sulfonamides is 1. The average molecular weight is 676 g/mol. The Hall–Kier alpha value is -3.32. The third kappa shape index (κ3) is 12.8. The van der Waals surface area contributed by atoms with Gasteiger partial charge in [-0.3, -0.25) is 4.79 Å². The number of nitrogens with two attached hydrogens (primary N) is 2. The number of hydrogen-bond donors (Lipinski definition) is 5. The summed E-state index contributed by atoms with van der Waals surface area (Å²) in [5, 5.41) is 20.0. The molecular formula is C21H24F3IN4O8S. The fourth-order valence-corrected chi connectivity index (χ4v) is 3.99. The maximum Gasteiger partial charge on any atom is 0.490 e. The van der Waals surface area contributed by atoms with Crippen molar-refractivity contribution in [1.29, 1.82) is 0 Å². The van der Waals surface area contributed by atoms with Crippen LogP contribution in [0.3, 0.4) is 0 Å². The van der Waals surface area contributed by atoms with Crippen LogP contribution in [-0.2, 0) is 30.9 Å². The summed E-state index contributed by atoms with van der Waals surface area (Å²) >= 11 is 2.05. The molecule has 0 saturated heterocycles. The van der Waals surface area contributed by atoms with Crippen molar-refractivity contribution in [3.63, 3.8) is 0 Å².